The van der Waals surface area contributed by atoms with Crippen molar-refractivity contribution in [3.63, 3.8) is 0 Å². The molecule has 1 N–H and O–H groups in total. The lowest BCUT2D eigenvalue weighted by molar-refractivity contribution is -0.141. The monoisotopic (exact) mass is 355 g/mol. The molecule has 4 nitrogen and oxygen atoms in total. The van der Waals surface area contributed by atoms with Gasteiger partial charge in [-0.1, -0.05) is 12.1 Å². The molecule has 0 radical (unpaired) electrons. The normalized spacial score (nSPS) is 16.9. The minimum absolute atomic E-state index is 0. The van der Waals surface area contributed by atoms with Crippen LogP contribution >= 0.6 is 23.7 Å². The molecule has 1 fully saturated rings. The summed E-state index contributed by atoms with van der Waals surface area (Å²) in [7, 11) is 0. The van der Waals surface area contributed by atoms with Gasteiger partial charge < -0.3 is 10.0 Å². The predicted octanol–water partition coefficient (Wildman–Crippen LogP) is 3.52. The van der Waals surface area contributed by atoms with Crippen LogP contribution in [-0.2, 0) is 4.79 Å². The van der Waals surface area contributed by atoms with Crippen LogP contribution in [0.1, 0.15) is 16.1 Å². The Morgan fingerprint density at radius 2 is 1.87 bits per heavy atom. The van der Waals surface area contributed by atoms with E-state index in [2.05, 4.69) is 0 Å². The number of benzene rings is 1. The third-order valence-electron chi connectivity index (χ3n) is 3.77. The second-order valence-electron chi connectivity index (χ2n) is 5.25. The Labute approximate surface area is 143 Å². The summed E-state index contributed by atoms with van der Waals surface area (Å²) in [4.78, 5) is 26.4. The quantitative estimate of drug-likeness (QED) is 0.916. The van der Waals surface area contributed by atoms with Crippen LogP contribution in [0.15, 0.2) is 36.4 Å². The van der Waals surface area contributed by atoms with E-state index in [0.717, 1.165) is 10.4 Å². The molecule has 0 spiro atoms. The molecule has 0 saturated carbocycles. The van der Waals surface area contributed by atoms with Gasteiger partial charge in [-0.05, 0) is 36.2 Å². The summed E-state index contributed by atoms with van der Waals surface area (Å²) in [5.74, 6) is -1.76. The average Bonchev–Trinajstić information content (AvgIpc) is 3.17. The summed E-state index contributed by atoms with van der Waals surface area (Å²) >= 11 is 1.34. The van der Waals surface area contributed by atoms with Crippen LogP contribution in [0.3, 0.4) is 0 Å². The summed E-state index contributed by atoms with van der Waals surface area (Å²) in [5, 5.41) is 8.99. The predicted molar refractivity (Wildman–Crippen MR) is 88.6 cm³/mol. The van der Waals surface area contributed by atoms with Crippen LogP contribution < -0.4 is 0 Å². The maximum Gasteiger partial charge on any atom is 0.308 e. The van der Waals surface area contributed by atoms with Crippen LogP contribution in [0.25, 0.3) is 10.4 Å². The molecule has 1 aliphatic heterocycles. The Morgan fingerprint density at radius 1 is 1.17 bits per heavy atom. The van der Waals surface area contributed by atoms with E-state index in [-0.39, 0.29) is 30.7 Å². The van der Waals surface area contributed by atoms with Crippen molar-refractivity contribution in [2.75, 3.05) is 13.1 Å². The number of aliphatic carboxylic acids is 1. The number of likely N-dealkylation sites (tertiary alicyclic amines) is 1. The Morgan fingerprint density at radius 3 is 2.48 bits per heavy atom. The molecule has 1 aromatic carbocycles. The standard InChI is InChI=1S/C16H14FNO3S.ClH/c17-12-3-1-10(2-4-12)13-5-6-14(22-13)15(19)18-8-7-11(9-18)16(20)21;/h1-6,11H,7-9H2,(H,20,21);1H. The third kappa shape index (κ3) is 3.71. The van der Waals surface area contributed by atoms with Crippen molar-refractivity contribution in [3.05, 3.63) is 47.1 Å². The van der Waals surface area contributed by atoms with Crippen molar-refractivity contribution in [2.24, 2.45) is 5.92 Å². The lowest BCUT2D eigenvalue weighted by Crippen LogP contribution is -2.29. The first-order valence-electron chi connectivity index (χ1n) is 6.92. The third-order valence-corrected chi connectivity index (χ3v) is 4.89. The number of hydrogen-bond acceptors (Lipinski definition) is 3. The van der Waals surface area contributed by atoms with Crippen LogP contribution in [-0.4, -0.2) is 35.0 Å². The van der Waals surface area contributed by atoms with Gasteiger partial charge in [-0.3, -0.25) is 9.59 Å². The van der Waals surface area contributed by atoms with E-state index in [1.54, 1.807) is 23.1 Å². The summed E-state index contributed by atoms with van der Waals surface area (Å²) in [6.45, 7) is 0.734. The van der Waals surface area contributed by atoms with Gasteiger partial charge in [0.15, 0.2) is 0 Å². The average molecular weight is 356 g/mol. The van der Waals surface area contributed by atoms with Crippen molar-refractivity contribution in [1.82, 2.24) is 4.90 Å². The minimum Gasteiger partial charge on any atom is -0.481 e. The van der Waals surface area contributed by atoms with Gasteiger partial charge in [0.1, 0.15) is 5.82 Å². The highest BCUT2D eigenvalue weighted by Gasteiger charge is 2.31. The van der Waals surface area contributed by atoms with Crippen molar-refractivity contribution in [2.45, 2.75) is 6.42 Å². The highest BCUT2D eigenvalue weighted by Crippen LogP contribution is 2.30. The first-order valence-corrected chi connectivity index (χ1v) is 7.74. The molecule has 1 unspecified atom stereocenters. The fraction of sp³-hybridized carbons (Fsp3) is 0.250. The number of carbonyl (C=O) groups excluding carboxylic acids is 1. The summed E-state index contributed by atoms with van der Waals surface area (Å²) < 4.78 is 12.9. The summed E-state index contributed by atoms with van der Waals surface area (Å²) in [5.41, 5.74) is 0.857. The molecule has 1 atom stereocenters. The van der Waals surface area contributed by atoms with Gasteiger partial charge in [0.2, 0.25) is 0 Å². The zero-order chi connectivity index (χ0) is 15.7. The maximum absolute atomic E-state index is 12.9. The Bertz CT molecular complexity index is 716. The molecule has 0 bridgehead atoms. The topological polar surface area (TPSA) is 57.6 Å². The van der Waals surface area contributed by atoms with Gasteiger partial charge in [-0.2, -0.15) is 0 Å². The first kappa shape index (κ1) is 17.4. The lowest BCUT2D eigenvalue weighted by atomic mass is 10.1. The largest absolute Gasteiger partial charge is 0.481 e. The van der Waals surface area contributed by atoms with Gasteiger partial charge in [0.05, 0.1) is 10.8 Å². The molecule has 2 heterocycles. The maximum atomic E-state index is 12.9. The second kappa shape index (κ2) is 7.10. The molecule has 7 heteroatoms. The van der Waals surface area contributed by atoms with Crippen LogP contribution in [0.2, 0.25) is 0 Å². The smallest absolute Gasteiger partial charge is 0.308 e. The van der Waals surface area contributed by atoms with Gasteiger partial charge >= 0.3 is 5.97 Å². The van der Waals surface area contributed by atoms with Gasteiger partial charge in [-0.25, -0.2) is 4.39 Å². The molecule has 1 aromatic heterocycles. The molecular weight excluding hydrogens is 341 g/mol. The van der Waals surface area contributed by atoms with E-state index >= 15 is 0 Å². The second-order valence-corrected chi connectivity index (χ2v) is 6.33. The number of halogens is 2. The number of nitrogens with zero attached hydrogens (tertiary/aromatic N) is 1. The lowest BCUT2D eigenvalue weighted by Gasteiger charge is -2.14. The fourth-order valence-corrected chi connectivity index (χ4v) is 3.50. The molecule has 1 amide bonds. The minimum atomic E-state index is -0.853. The molecule has 1 saturated heterocycles. The highest BCUT2D eigenvalue weighted by molar-refractivity contribution is 7.17. The molecule has 0 aliphatic carbocycles. The Balaban J connectivity index is 0.00000192. The van der Waals surface area contributed by atoms with E-state index in [0.29, 0.717) is 17.8 Å². The Hall–Kier alpha value is -1.92. The molecule has 3 rings (SSSR count). The highest BCUT2D eigenvalue weighted by atomic mass is 35.5. The van der Waals surface area contributed by atoms with E-state index in [9.17, 15) is 14.0 Å². The zero-order valence-electron chi connectivity index (χ0n) is 12.1. The number of carboxylic acid groups (broad SMARTS) is 1. The number of carboxylic acids is 1. The van der Waals surface area contributed by atoms with Gasteiger partial charge in [-0.15, -0.1) is 23.7 Å². The fourth-order valence-electron chi connectivity index (χ4n) is 2.52. The SMILES string of the molecule is Cl.O=C(O)C1CCN(C(=O)c2ccc(-c3ccc(F)cc3)s2)C1. The van der Waals surface area contributed by atoms with Gasteiger partial charge in [0, 0.05) is 18.0 Å². The number of amides is 1. The van der Waals surface area contributed by atoms with E-state index in [4.69, 9.17) is 5.11 Å². The molecule has 2 aromatic rings. The molecule has 1 aliphatic rings. The number of hydrogen-bond donors (Lipinski definition) is 1. The Kier molecular flexibility index (Phi) is 5.38. The summed E-state index contributed by atoms with van der Waals surface area (Å²) in [6, 6.07) is 9.68. The van der Waals surface area contributed by atoms with E-state index < -0.39 is 11.9 Å². The van der Waals surface area contributed by atoms with Crippen molar-refractivity contribution < 1.29 is 19.1 Å². The van der Waals surface area contributed by atoms with Crippen LogP contribution in [0.4, 0.5) is 4.39 Å². The molecule has 122 valence electrons. The summed E-state index contributed by atoms with van der Waals surface area (Å²) in [6.07, 6.45) is 0.497. The van der Waals surface area contributed by atoms with E-state index in [1.807, 2.05) is 6.07 Å². The van der Waals surface area contributed by atoms with Crippen LogP contribution in [0.5, 0.6) is 0 Å². The number of thiophene rings is 1. The molecule has 23 heavy (non-hydrogen) atoms. The zero-order valence-corrected chi connectivity index (χ0v) is 13.7. The van der Waals surface area contributed by atoms with Crippen molar-refractivity contribution >= 4 is 35.6 Å². The van der Waals surface area contributed by atoms with Gasteiger partial charge in [0.25, 0.3) is 5.91 Å². The van der Waals surface area contributed by atoms with Crippen molar-refractivity contribution in [3.8, 4) is 10.4 Å². The van der Waals surface area contributed by atoms with E-state index in [1.165, 1.54) is 23.5 Å². The number of carbonyl (C=O) groups is 2. The molecular formula is C16H15ClFNO3S. The van der Waals surface area contributed by atoms with Crippen molar-refractivity contribution in [1.29, 1.82) is 0 Å². The van der Waals surface area contributed by atoms with Crippen LogP contribution in [0, 0.1) is 11.7 Å². The first-order chi connectivity index (χ1) is 10.5. The number of rotatable bonds is 3.